The van der Waals surface area contributed by atoms with E-state index in [0.717, 1.165) is 18.9 Å². The molecule has 0 spiro atoms. The van der Waals surface area contributed by atoms with Crippen molar-refractivity contribution in [1.82, 2.24) is 10.3 Å². The molecular weight excluding hydrogens is 238 g/mol. The minimum atomic E-state index is 0.333. The van der Waals surface area contributed by atoms with Gasteiger partial charge in [0.2, 0.25) is 0 Å². The second-order valence-electron chi connectivity index (χ2n) is 4.82. The van der Waals surface area contributed by atoms with Crippen molar-refractivity contribution in [1.29, 1.82) is 0 Å². The molecule has 1 aromatic heterocycles. The van der Waals surface area contributed by atoms with Crippen LogP contribution in [0.5, 0.6) is 0 Å². The zero-order valence-corrected chi connectivity index (χ0v) is 12.8. The molecule has 0 saturated carbocycles. The fourth-order valence-corrected chi connectivity index (χ4v) is 2.28. The predicted octanol–water partition coefficient (Wildman–Crippen LogP) is 2.61. The normalized spacial score (nSPS) is 14.2. The molecule has 0 saturated heterocycles. The van der Waals surface area contributed by atoms with Crippen LogP contribution in [0.25, 0.3) is 0 Å². The molecule has 1 rings (SSSR count). The third kappa shape index (κ3) is 4.48. The molecular formula is C15H27N3O. The molecule has 0 fully saturated rings. The molecule has 0 aliphatic heterocycles. The number of methoxy groups -OCH3 is 1. The summed E-state index contributed by atoms with van der Waals surface area (Å²) in [4.78, 5) is 6.84. The number of nitrogens with zero attached hydrogens (tertiary/aromatic N) is 2. The summed E-state index contributed by atoms with van der Waals surface area (Å²) in [5.74, 6) is 1.01. The van der Waals surface area contributed by atoms with E-state index in [1.54, 1.807) is 7.11 Å². The summed E-state index contributed by atoms with van der Waals surface area (Å²) in [6.45, 7) is 11.2. The summed E-state index contributed by atoms with van der Waals surface area (Å²) in [6.07, 6.45) is 1.96. The third-order valence-electron chi connectivity index (χ3n) is 3.36. The smallest absolute Gasteiger partial charge is 0.128 e. The molecule has 0 radical (unpaired) electrons. The number of aromatic nitrogens is 1. The lowest BCUT2D eigenvalue weighted by atomic mass is 10.1. The lowest BCUT2D eigenvalue weighted by Crippen LogP contribution is -2.36. The first-order chi connectivity index (χ1) is 9.13. The van der Waals surface area contributed by atoms with E-state index >= 15 is 0 Å². The van der Waals surface area contributed by atoms with Gasteiger partial charge < -0.3 is 15.0 Å². The second-order valence-corrected chi connectivity index (χ2v) is 4.82. The van der Waals surface area contributed by atoms with Gasteiger partial charge in [0.15, 0.2) is 0 Å². The van der Waals surface area contributed by atoms with Crippen molar-refractivity contribution in [2.45, 2.75) is 39.8 Å². The van der Waals surface area contributed by atoms with Crippen molar-refractivity contribution in [3.8, 4) is 0 Å². The van der Waals surface area contributed by atoms with Crippen LogP contribution in [0, 0.1) is 0 Å². The highest BCUT2D eigenvalue weighted by Gasteiger charge is 2.14. The van der Waals surface area contributed by atoms with Crippen molar-refractivity contribution >= 4 is 5.82 Å². The zero-order valence-electron chi connectivity index (χ0n) is 12.8. The molecule has 0 amide bonds. The summed E-state index contributed by atoms with van der Waals surface area (Å²) in [5.41, 5.74) is 1.22. The number of hydrogen-bond acceptors (Lipinski definition) is 4. The fraction of sp³-hybridized carbons (Fsp3) is 0.667. The first-order valence-corrected chi connectivity index (χ1v) is 7.08. The second kappa shape index (κ2) is 8.12. The minimum absolute atomic E-state index is 0.333. The highest BCUT2D eigenvalue weighted by molar-refractivity contribution is 5.40. The molecule has 1 aromatic rings. The molecule has 0 bridgehead atoms. The molecule has 4 heteroatoms. The predicted molar refractivity (Wildman–Crippen MR) is 80.7 cm³/mol. The van der Waals surface area contributed by atoms with E-state index in [2.05, 4.69) is 55.0 Å². The van der Waals surface area contributed by atoms with Crippen LogP contribution in [0.3, 0.4) is 0 Å². The molecule has 1 heterocycles. The van der Waals surface area contributed by atoms with Gasteiger partial charge in [0, 0.05) is 25.9 Å². The van der Waals surface area contributed by atoms with Gasteiger partial charge in [-0.05, 0) is 38.9 Å². The Bertz CT molecular complexity index is 353. The van der Waals surface area contributed by atoms with Gasteiger partial charge in [0.1, 0.15) is 5.82 Å². The van der Waals surface area contributed by atoms with Crippen LogP contribution in [0.1, 0.15) is 39.3 Å². The minimum Gasteiger partial charge on any atom is -0.383 e. The number of rotatable bonds is 8. The van der Waals surface area contributed by atoms with Crippen LogP contribution in [0.2, 0.25) is 0 Å². The van der Waals surface area contributed by atoms with E-state index in [4.69, 9.17) is 4.74 Å². The van der Waals surface area contributed by atoms with E-state index < -0.39 is 0 Å². The fourth-order valence-electron chi connectivity index (χ4n) is 2.28. The average molecular weight is 265 g/mol. The van der Waals surface area contributed by atoms with Crippen LogP contribution in [0.4, 0.5) is 5.82 Å². The summed E-state index contributed by atoms with van der Waals surface area (Å²) < 4.78 is 5.22. The largest absolute Gasteiger partial charge is 0.383 e. The highest BCUT2D eigenvalue weighted by atomic mass is 16.5. The van der Waals surface area contributed by atoms with Crippen molar-refractivity contribution in [2.75, 3.05) is 31.7 Å². The van der Waals surface area contributed by atoms with Crippen LogP contribution in [-0.4, -0.2) is 37.8 Å². The molecule has 19 heavy (non-hydrogen) atoms. The van der Waals surface area contributed by atoms with Gasteiger partial charge in [0.05, 0.1) is 12.6 Å². The van der Waals surface area contributed by atoms with Gasteiger partial charge >= 0.3 is 0 Å². The summed E-state index contributed by atoms with van der Waals surface area (Å²) >= 11 is 0. The summed E-state index contributed by atoms with van der Waals surface area (Å²) in [5, 5.41) is 3.39. The maximum Gasteiger partial charge on any atom is 0.128 e. The van der Waals surface area contributed by atoms with Gasteiger partial charge in [0.25, 0.3) is 0 Å². The summed E-state index contributed by atoms with van der Waals surface area (Å²) in [7, 11) is 1.74. The molecule has 2 unspecified atom stereocenters. The van der Waals surface area contributed by atoms with Gasteiger partial charge in [-0.1, -0.05) is 13.0 Å². The Morgan fingerprint density at radius 2 is 2.05 bits per heavy atom. The van der Waals surface area contributed by atoms with Crippen molar-refractivity contribution < 1.29 is 4.74 Å². The molecule has 2 atom stereocenters. The number of anilines is 1. The first kappa shape index (κ1) is 15.9. The van der Waals surface area contributed by atoms with Crippen LogP contribution < -0.4 is 10.2 Å². The number of likely N-dealkylation sites (N-methyl/N-ethyl adjacent to an activating group) is 1. The molecule has 108 valence electrons. The topological polar surface area (TPSA) is 37.4 Å². The highest BCUT2D eigenvalue weighted by Crippen LogP contribution is 2.17. The number of ether oxygens (including phenoxy) is 1. The molecule has 0 aromatic carbocycles. The van der Waals surface area contributed by atoms with Gasteiger partial charge in [-0.3, -0.25) is 0 Å². The standard InChI is InChI=1S/C15H27N3O/c1-6-16-13(4)14-8-9-15(17-10-14)18(7-2)12(3)11-19-5/h8-10,12-13,16H,6-7,11H2,1-5H3. The van der Waals surface area contributed by atoms with E-state index in [1.165, 1.54) is 5.56 Å². The van der Waals surface area contributed by atoms with Crippen molar-refractivity contribution in [2.24, 2.45) is 0 Å². The zero-order chi connectivity index (χ0) is 14.3. The number of pyridine rings is 1. The average Bonchev–Trinajstić information content (AvgIpc) is 2.41. The first-order valence-electron chi connectivity index (χ1n) is 7.08. The summed E-state index contributed by atoms with van der Waals surface area (Å²) in [6, 6.07) is 4.93. The lowest BCUT2D eigenvalue weighted by molar-refractivity contribution is 0.181. The Morgan fingerprint density at radius 1 is 1.32 bits per heavy atom. The molecule has 1 N–H and O–H groups in total. The van der Waals surface area contributed by atoms with Crippen LogP contribution in [-0.2, 0) is 4.74 Å². The number of nitrogens with one attached hydrogen (secondary N) is 1. The van der Waals surface area contributed by atoms with Gasteiger partial charge in [-0.15, -0.1) is 0 Å². The Kier molecular flexibility index (Phi) is 6.81. The molecule has 0 aliphatic carbocycles. The lowest BCUT2D eigenvalue weighted by Gasteiger charge is -2.28. The Morgan fingerprint density at radius 3 is 2.53 bits per heavy atom. The van der Waals surface area contributed by atoms with Gasteiger partial charge in [-0.2, -0.15) is 0 Å². The van der Waals surface area contributed by atoms with Crippen molar-refractivity contribution in [3.05, 3.63) is 23.9 Å². The number of hydrogen-bond donors (Lipinski definition) is 1. The van der Waals surface area contributed by atoms with Gasteiger partial charge in [-0.25, -0.2) is 4.98 Å². The quantitative estimate of drug-likeness (QED) is 0.784. The van der Waals surface area contributed by atoms with Crippen LogP contribution >= 0.6 is 0 Å². The Labute approximate surface area is 117 Å². The Hall–Kier alpha value is -1.13. The molecule has 0 aliphatic rings. The maximum absolute atomic E-state index is 5.22. The Balaban J connectivity index is 2.78. The molecule has 4 nitrogen and oxygen atoms in total. The van der Waals surface area contributed by atoms with Crippen molar-refractivity contribution in [3.63, 3.8) is 0 Å². The SMILES string of the molecule is CCNC(C)c1ccc(N(CC)C(C)COC)nc1. The third-order valence-corrected chi connectivity index (χ3v) is 3.36. The monoisotopic (exact) mass is 265 g/mol. The maximum atomic E-state index is 5.22. The van der Waals surface area contributed by atoms with E-state index in [0.29, 0.717) is 18.7 Å². The van der Waals surface area contributed by atoms with Crippen LogP contribution in [0.15, 0.2) is 18.3 Å². The van der Waals surface area contributed by atoms with E-state index in [1.807, 2.05) is 6.20 Å². The van der Waals surface area contributed by atoms with E-state index in [9.17, 15) is 0 Å². The van der Waals surface area contributed by atoms with E-state index in [-0.39, 0.29) is 0 Å².